The normalized spacial score (nSPS) is 14.5. The molecule has 27 heavy (non-hydrogen) atoms. The van der Waals surface area contributed by atoms with Crippen molar-refractivity contribution in [3.8, 4) is 0 Å². The minimum Gasteiger partial charge on any atom is -0.345 e. The number of amides is 3. The zero-order valence-electron chi connectivity index (χ0n) is 16.0. The number of allylic oxidation sites excluding steroid dienone is 4. The Labute approximate surface area is 158 Å². The Morgan fingerprint density at radius 3 is 2.30 bits per heavy atom. The average Bonchev–Trinajstić information content (AvgIpc) is 2.62. The molecule has 0 fully saturated rings. The first-order valence-corrected chi connectivity index (χ1v) is 8.94. The molecule has 8 heteroatoms. The summed E-state index contributed by atoms with van der Waals surface area (Å²) in [6.07, 6.45) is 5.35. The zero-order valence-corrected chi connectivity index (χ0v) is 16.0. The number of nitrogens with one attached hydrogen (secondary N) is 3. The Morgan fingerprint density at radius 2 is 1.78 bits per heavy atom. The summed E-state index contributed by atoms with van der Waals surface area (Å²) in [5, 5.41) is 7.80. The Morgan fingerprint density at radius 1 is 1.07 bits per heavy atom. The van der Waals surface area contributed by atoms with Gasteiger partial charge in [0.15, 0.2) is 0 Å². The smallest absolute Gasteiger partial charge is 0.243 e. The fourth-order valence-corrected chi connectivity index (χ4v) is 2.43. The minimum absolute atomic E-state index is 0.0246. The summed E-state index contributed by atoms with van der Waals surface area (Å²) in [5.41, 5.74) is 1.35. The van der Waals surface area contributed by atoms with E-state index in [0.29, 0.717) is 24.1 Å². The van der Waals surface area contributed by atoms with Crippen LogP contribution in [0.25, 0.3) is 0 Å². The third-order valence-electron chi connectivity index (χ3n) is 4.03. The molecule has 0 aromatic rings. The number of aldehydes is 1. The first kappa shape index (κ1) is 22.3. The van der Waals surface area contributed by atoms with Gasteiger partial charge in [0.25, 0.3) is 0 Å². The van der Waals surface area contributed by atoms with Gasteiger partial charge >= 0.3 is 0 Å². The number of Topliss-reactive ketones (excluding diaryl/α,β-unsaturated/α-hetero) is 1. The monoisotopic (exact) mass is 377 g/mol. The molecular formula is C19H27N3O5. The van der Waals surface area contributed by atoms with Crippen molar-refractivity contribution >= 4 is 29.8 Å². The van der Waals surface area contributed by atoms with Gasteiger partial charge in [-0.3, -0.25) is 19.2 Å². The molecular weight excluding hydrogens is 350 g/mol. The van der Waals surface area contributed by atoms with Crippen LogP contribution in [-0.2, 0) is 24.0 Å². The largest absolute Gasteiger partial charge is 0.345 e. The third kappa shape index (κ3) is 8.44. The summed E-state index contributed by atoms with van der Waals surface area (Å²) < 4.78 is 0. The van der Waals surface area contributed by atoms with Crippen LogP contribution in [0.1, 0.15) is 46.5 Å². The summed E-state index contributed by atoms with van der Waals surface area (Å²) >= 11 is 0. The summed E-state index contributed by atoms with van der Waals surface area (Å²) in [6, 6.07) is -0.788. The molecule has 0 saturated carbocycles. The predicted molar refractivity (Wildman–Crippen MR) is 99.3 cm³/mol. The average molecular weight is 377 g/mol. The fraction of sp³-hybridized carbons (Fsp3) is 0.526. The number of carbonyl (C=O) groups excluding carboxylic acids is 5. The van der Waals surface area contributed by atoms with E-state index >= 15 is 0 Å². The van der Waals surface area contributed by atoms with Crippen LogP contribution in [0.3, 0.4) is 0 Å². The lowest BCUT2D eigenvalue weighted by molar-refractivity contribution is -0.131. The van der Waals surface area contributed by atoms with E-state index in [1.54, 1.807) is 26.0 Å². The number of hydrogen-bond donors (Lipinski definition) is 3. The molecule has 0 spiro atoms. The van der Waals surface area contributed by atoms with Crippen LogP contribution in [0.5, 0.6) is 0 Å². The first-order chi connectivity index (χ1) is 12.7. The van der Waals surface area contributed by atoms with Crippen LogP contribution < -0.4 is 16.0 Å². The maximum atomic E-state index is 12.3. The van der Waals surface area contributed by atoms with E-state index in [2.05, 4.69) is 16.0 Å². The van der Waals surface area contributed by atoms with Crippen LogP contribution in [0, 0.1) is 5.92 Å². The lowest BCUT2D eigenvalue weighted by atomic mass is 10.0. The Bertz CT molecular complexity index is 664. The molecule has 8 nitrogen and oxygen atoms in total. The summed E-state index contributed by atoms with van der Waals surface area (Å²) in [7, 11) is 0. The van der Waals surface area contributed by atoms with Gasteiger partial charge < -0.3 is 20.7 Å². The number of carbonyl (C=O) groups is 5. The van der Waals surface area contributed by atoms with Gasteiger partial charge in [0.1, 0.15) is 18.1 Å². The molecule has 1 aliphatic rings. The predicted octanol–water partition coefficient (Wildman–Crippen LogP) is 0.532. The Kier molecular flexibility index (Phi) is 9.12. The number of rotatable bonds is 10. The van der Waals surface area contributed by atoms with Gasteiger partial charge in [0, 0.05) is 18.5 Å². The molecule has 1 aliphatic carbocycles. The van der Waals surface area contributed by atoms with Crippen LogP contribution in [0.15, 0.2) is 23.4 Å². The van der Waals surface area contributed by atoms with Crippen molar-refractivity contribution in [2.45, 2.75) is 52.5 Å². The minimum atomic E-state index is -0.788. The van der Waals surface area contributed by atoms with E-state index in [9.17, 15) is 24.0 Å². The van der Waals surface area contributed by atoms with Crippen molar-refractivity contribution in [3.05, 3.63) is 23.4 Å². The molecule has 0 unspecified atom stereocenters. The van der Waals surface area contributed by atoms with Crippen LogP contribution in [0.4, 0.5) is 0 Å². The Hall–Kier alpha value is -2.77. The molecule has 1 rings (SSSR count). The highest BCUT2D eigenvalue weighted by Gasteiger charge is 2.24. The molecule has 0 heterocycles. The van der Waals surface area contributed by atoms with Crippen molar-refractivity contribution < 1.29 is 24.0 Å². The molecule has 0 aromatic carbocycles. The highest BCUT2D eigenvalue weighted by molar-refractivity contribution is 5.91. The first-order valence-electron chi connectivity index (χ1n) is 8.94. The van der Waals surface area contributed by atoms with Crippen LogP contribution in [-0.4, -0.2) is 42.4 Å². The molecule has 0 radical (unpaired) electrons. The zero-order chi connectivity index (χ0) is 20.4. The molecule has 0 aromatic heterocycles. The topological polar surface area (TPSA) is 121 Å². The van der Waals surface area contributed by atoms with E-state index in [1.807, 2.05) is 0 Å². The van der Waals surface area contributed by atoms with Gasteiger partial charge in [0.2, 0.25) is 17.7 Å². The maximum Gasteiger partial charge on any atom is 0.243 e. The standard InChI is InChI=1S/C19H27N3O5/c1-12(2)18(22-16(25)9-4-13(3)24)19(27)20-10-17(26)21-15-7-5-14(11-23)6-8-15/h5,7,11-12,18H,4,6,8-10H2,1-3H3,(H,20,27)(H,21,26)(H,22,25)/t18-/m0/s1. The molecule has 0 bridgehead atoms. The van der Waals surface area contributed by atoms with Gasteiger partial charge in [-0.05, 0) is 37.3 Å². The second kappa shape index (κ2) is 11.1. The van der Waals surface area contributed by atoms with Crippen molar-refractivity contribution in [2.24, 2.45) is 5.92 Å². The van der Waals surface area contributed by atoms with Crippen molar-refractivity contribution in [3.63, 3.8) is 0 Å². The van der Waals surface area contributed by atoms with E-state index < -0.39 is 11.9 Å². The van der Waals surface area contributed by atoms with Crippen molar-refractivity contribution in [2.75, 3.05) is 6.54 Å². The number of ketones is 1. The summed E-state index contributed by atoms with van der Waals surface area (Å²) in [6.45, 7) is 4.72. The fourth-order valence-electron chi connectivity index (χ4n) is 2.43. The van der Waals surface area contributed by atoms with Crippen LogP contribution >= 0.6 is 0 Å². The molecule has 0 saturated heterocycles. The molecule has 1 atom stereocenters. The van der Waals surface area contributed by atoms with E-state index in [-0.39, 0.29) is 42.9 Å². The quantitative estimate of drug-likeness (QED) is 0.480. The highest BCUT2D eigenvalue weighted by atomic mass is 16.2. The third-order valence-corrected chi connectivity index (χ3v) is 4.03. The van der Waals surface area contributed by atoms with Gasteiger partial charge in [-0.2, -0.15) is 0 Å². The maximum absolute atomic E-state index is 12.3. The lowest BCUT2D eigenvalue weighted by Crippen LogP contribution is -2.51. The van der Waals surface area contributed by atoms with E-state index in [0.717, 1.165) is 6.29 Å². The highest BCUT2D eigenvalue weighted by Crippen LogP contribution is 2.14. The SMILES string of the molecule is CC(=O)CCC(=O)N[C@H](C(=O)NCC(=O)NC1=CC=C(C=O)CC1)C(C)C. The lowest BCUT2D eigenvalue weighted by Gasteiger charge is -2.21. The second-order valence-electron chi connectivity index (χ2n) is 6.81. The van der Waals surface area contributed by atoms with Crippen molar-refractivity contribution in [1.29, 1.82) is 0 Å². The van der Waals surface area contributed by atoms with Gasteiger partial charge in [-0.15, -0.1) is 0 Å². The van der Waals surface area contributed by atoms with E-state index in [4.69, 9.17) is 0 Å². The van der Waals surface area contributed by atoms with Crippen molar-refractivity contribution in [1.82, 2.24) is 16.0 Å². The molecule has 3 amide bonds. The second-order valence-corrected chi connectivity index (χ2v) is 6.81. The number of hydrogen-bond acceptors (Lipinski definition) is 5. The Balaban J connectivity index is 2.49. The van der Waals surface area contributed by atoms with Crippen LogP contribution in [0.2, 0.25) is 0 Å². The molecule has 0 aliphatic heterocycles. The van der Waals surface area contributed by atoms with Gasteiger partial charge in [-0.1, -0.05) is 19.9 Å². The summed E-state index contributed by atoms with van der Waals surface area (Å²) in [5.74, 6) is -1.50. The van der Waals surface area contributed by atoms with E-state index in [1.165, 1.54) is 6.92 Å². The molecule has 148 valence electrons. The van der Waals surface area contributed by atoms with Gasteiger partial charge in [-0.25, -0.2) is 0 Å². The molecule has 3 N–H and O–H groups in total. The summed E-state index contributed by atoms with van der Waals surface area (Å²) in [4.78, 5) is 57.7. The van der Waals surface area contributed by atoms with Gasteiger partial charge in [0.05, 0.1) is 6.54 Å².